The minimum Gasteiger partial charge on any atom is -0.493 e. The molecule has 1 aliphatic rings. The highest BCUT2D eigenvalue weighted by Gasteiger charge is 2.22. The Bertz CT molecular complexity index is 356. The van der Waals surface area contributed by atoms with Gasteiger partial charge in [0, 0.05) is 6.04 Å². The quantitative estimate of drug-likeness (QED) is 0.826. The van der Waals surface area contributed by atoms with Crippen molar-refractivity contribution in [3.63, 3.8) is 0 Å². The van der Waals surface area contributed by atoms with E-state index in [2.05, 4.69) is 25.1 Å². The van der Waals surface area contributed by atoms with Gasteiger partial charge in [-0.15, -0.1) is 0 Å². The highest BCUT2D eigenvalue weighted by atomic mass is 16.5. The van der Waals surface area contributed by atoms with Crippen molar-refractivity contribution in [3.05, 3.63) is 29.3 Å². The summed E-state index contributed by atoms with van der Waals surface area (Å²) in [4.78, 5) is 0. The van der Waals surface area contributed by atoms with Gasteiger partial charge < -0.3 is 10.5 Å². The van der Waals surface area contributed by atoms with Gasteiger partial charge >= 0.3 is 0 Å². The molecule has 0 amide bonds. The number of nitrogens with two attached hydrogens (primary N) is 1. The Hall–Kier alpha value is -1.02. The third-order valence-electron chi connectivity index (χ3n) is 2.93. The Kier molecular flexibility index (Phi) is 3.49. The Morgan fingerprint density at radius 2 is 2.19 bits per heavy atom. The lowest BCUT2D eigenvalue weighted by molar-refractivity contribution is 0.296. The summed E-state index contributed by atoms with van der Waals surface area (Å²) >= 11 is 0. The molecule has 1 fully saturated rings. The van der Waals surface area contributed by atoms with Gasteiger partial charge in [-0.05, 0) is 50.7 Å². The van der Waals surface area contributed by atoms with E-state index in [1.807, 2.05) is 6.92 Å². The molecule has 0 saturated heterocycles. The molecule has 2 N–H and O–H groups in total. The fourth-order valence-electron chi connectivity index (χ4n) is 1.85. The van der Waals surface area contributed by atoms with Gasteiger partial charge in [0.1, 0.15) is 5.75 Å². The molecule has 0 aliphatic heterocycles. The molecule has 2 nitrogen and oxygen atoms in total. The molecule has 1 aromatic carbocycles. The van der Waals surface area contributed by atoms with E-state index < -0.39 is 0 Å². The van der Waals surface area contributed by atoms with E-state index in [1.165, 1.54) is 24.0 Å². The monoisotopic (exact) mass is 219 g/mol. The Morgan fingerprint density at radius 3 is 2.81 bits per heavy atom. The smallest absolute Gasteiger partial charge is 0.122 e. The molecule has 2 rings (SSSR count). The van der Waals surface area contributed by atoms with E-state index in [9.17, 15) is 0 Å². The SMILES string of the molecule is Cc1ccc(OCC2CC2)c(CC(C)N)c1. The third kappa shape index (κ3) is 3.24. The van der Waals surface area contributed by atoms with Crippen LogP contribution in [0.25, 0.3) is 0 Å². The predicted octanol–water partition coefficient (Wildman–Crippen LogP) is 2.67. The van der Waals surface area contributed by atoms with Gasteiger partial charge in [0.2, 0.25) is 0 Å². The van der Waals surface area contributed by atoms with Crippen molar-refractivity contribution in [1.82, 2.24) is 0 Å². The molecular formula is C14H21NO. The third-order valence-corrected chi connectivity index (χ3v) is 2.93. The number of rotatable bonds is 5. The summed E-state index contributed by atoms with van der Waals surface area (Å²) in [5.41, 5.74) is 8.37. The van der Waals surface area contributed by atoms with Crippen molar-refractivity contribution in [2.75, 3.05) is 6.61 Å². The van der Waals surface area contributed by atoms with Crippen molar-refractivity contribution >= 4 is 0 Å². The van der Waals surface area contributed by atoms with Crippen LogP contribution in [0.2, 0.25) is 0 Å². The van der Waals surface area contributed by atoms with Crippen LogP contribution in [0.4, 0.5) is 0 Å². The fraction of sp³-hybridized carbons (Fsp3) is 0.571. The van der Waals surface area contributed by atoms with Crippen molar-refractivity contribution in [2.24, 2.45) is 11.7 Å². The molecule has 1 aromatic rings. The van der Waals surface area contributed by atoms with Gasteiger partial charge in [-0.25, -0.2) is 0 Å². The Morgan fingerprint density at radius 1 is 1.44 bits per heavy atom. The molecule has 2 heteroatoms. The largest absolute Gasteiger partial charge is 0.493 e. The number of aryl methyl sites for hydroxylation is 1. The van der Waals surface area contributed by atoms with Crippen LogP contribution in [-0.2, 0) is 6.42 Å². The van der Waals surface area contributed by atoms with Crippen molar-refractivity contribution < 1.29 is 4.74 Å². The van der Waals surface area contributed by atoms with Crippen molar-refractivity contribution in [1.29, 1.82) is 0 Å². The average molecular weight is 219 g/mol. The van der Waals surface area contributed by atoms with Crippen LogP contribution < -0.4 is 10.5 Å². The first-order chi connectivity index (χ1) is 7.65. The van der Waals surface area contributed by atoms with E-state index in [4.69, 9.17) is 10.5 Å². The zero-order valence-corrected chi connectivity index (χ0v) is 10.2. The van der Waals surface area contributed by atoms with E-state index >= 15 is 0 Å². The molecule has 0 bridgehead atoms. The van der Waals surface area contributed by atoms with Crippen LogP contribution in [0.1, 0.15) is 30.9 Å². The van der Waals surface area contributed by atoms with Gasteiger partial charge in [0.25, 0.3) is 0 Å². The second-order valence-electron chi connectivity index (χ2n) is 5.05. The molecule has 1 atom stereocenters. The first kappa shape index (κ1) is 11.5. The molecule has 1 aliphatic carbocycles. The van der Waals surface area contributed by atoms with E-state index in [1.54, 1.807) is 0 Å². The predicted molar refractivity (Wildman–Crippen MR) is 66.8 cm³/mol. The minimum absolute atomic E-state index is 0.185. The van der Waals surface area contributed by atoms with Crippen molar-refractivity contribution in [3.8, 4) is 5.75 Å². The fourth-order valence-corrected chi connectivity index (χ4v) is 1.85. The van der Waals surface area contributed by atoms with E-state index in [0.717, 1.165) is 24.7 Å². The molecular weight excluding hydrogens is 198 g/mol. The lowest BCUT2D eigenvalue weighted by Crippen LogP contribution is -2.18. The standard InChI is InChI=1S/C14H21NO/c1-10-3-6-14(16-9-12-4-5-12)13(7-10)8-11(2)15/h3,6-7,11-12H,4-5,8-9,15H2,1-2H3. The summed E-state index contributed by atoms with van der Waals surface area (Å²) in [6, 6.07) is 6.55. The van der Waals surface area contributed by atoms with Gasteiger partial charge in [-0.2, -0.15) is 0 Å². The first-order valence-electron chi connectivity index (χ1n) is 6.13. The van der Waals surface area contributed by atoms with E-state index in [0.29, 0.717) is 0 Å². The van der Waals surface area contributed by atoms with E-state index in [-0.39, 0.29) is 6.04 Å². The molecule has 0 heterocycles. The zero-order chi connectivity index (χ0) is 11.5. The second kappa shape index (κ2) is 4.88. The summed E-state index contributed by atoms with van der Waals surface area (Å²) in [6.07, 6.45) is 3.55. The lowest BCUT2D eigenvalue weighted by atomic mass is 10.0. The molecule has 88 valence electrons. The Labute approximate surface area is 97.8 Å². The van der Waals surface area contributed by atoms with Crippen LogP contribution in [0, 0.1) is 12.8 Å². The number of hydrogen-bond acceptors (Lipinski definition) is 2. The number of benzene rings is 1. The van der Waals surface area contributed by atoms with Crippen LogP contribution >= 0.6 is 0 Å². The molecule has 16 heavy (non-hydrogen) atoms. The van der Waals surface area contributed by atoms with Crippen LogP contribution in [-0.4, -0.2) is 12.6 Å². The molecule has 0 aromatic heterocycles. The average Bonchev–Trinajstić information content (AvgIpc) is 2.99. The normalized spacial score (nSPS) is 17.2. The minimum atomic E-state index is 0.185. The maximum absolute atomic E-state index is 5.86. The van der Waals surface area contributed by atoms with Gasteiger partial charge in [-0.1, -0.05) is 17.7 Å². The highest BCUT2D eigenvalue weighted by Crippen LogP contribution is 2.30. The summed E-state index contributed by atoms with van der Waals surface area (Å²) in [5, 5.41) is 0. The topological polar surface area (TPSA) is 35.2 Å². The molecule has 1 saturated carbocycles. The summed E-state index contributed by atoms with van der Waals surface area (Å²) in [7, 11) is 0. The van der Waals surface area contributed by atoms with Crippen LogP contribution in [0.15, 0.2) is 18.2 Å². The molecule has 0 radical (unpaired) electrons. The summed E-state index contributed by atoms with van der Waals surface area (Å²) in [5.74, 6) is 1.82. The maximum Gasteiger partial charge on any atom is 0.122 e. The highest BCUT2D eigenvalue weighted by molar-refractivity contribution is 5.37. The second-order valence-corrected chi connectivity index (χ2v) is 5.05. The van der Waals surface area contributed by atoms with Crippen LogP contribution in [0.5, 0.6) is 5.75 Å². The van der Waals surface area contributed by atoms with Crippen LogP contribution in [0.3, 0.4) is 0 Å². The Balaban J connectivity index is 2.06. The van der Waals surface area contributed by atoms with Crippen molar-refractivity contribution in [2.45, 2.75) is 39.2 Å². The van der Waals surface area contributed by atoms with Gasteiger partial charge in [0.05, 0.1) is 6.61 Å². The van der Waals surface area contributed by atoms with Gasteiger partial charge in [0.15, 0.2) is 0 Å². The summed E-state index contributed by atoms with van der Waals surface area (Å²) < 4.78 is 5.86. The number of ether oxygens (including phenoxy) is 1. The molecule has 0 spiro atoms. The maximum atomic E-state index is 5.86. The summed E-state index contributed by atoms with van der Waals surface area (Å²) in [6.45, 7) is 5.01. The zero-order valence-electron chi connectivity index (χ0n) is 10.2. The lowest BCUT2D eigenvalue weighted by Gasteiger charge is -2.13. The first-order valence-corrected chi connectivity index (χ1v) is 6.13. The van der Waals surface area contributed by atoms with Gasteiger partial charge in [-0.3, -0.25) is 0 Å². The molecule has 1 unspecified atom stereocenters. The number of hydrogen-bond donors (Lipinski definition) is 1.